The Bertz CT molecular complexity index is 351. The number of methoxy groups -OCH3 is 1. The summed E-state index contributed by atoms with van der Waals surface area (Å²) >= 11 is 0. The number of hydrogen-bond acceptors (Lipinski definition) is 4. The molecule has 1 amide bonds. The minimum absolute atomic E-state index is 0.0773. The molecular formula is C13H21NO5. The summed E-state index contributed by atoms with van der Waals surface area (Å²) in [5.74, 6) is -0.916. The van der Waals surface area contributed by atoms with Crippen LogP contribution in [-0.4, -0.2) is 61.4 Å². The number of aliphatic carboxylic acids is 1. The molecule has 2 aliphatic rings. The molecule has 0 aromatic carbocycles. The normalized spacial score (nSPS) is 25.7. The molecule has 0 bridgehead atoms. The number of amides is 1. The van der Waals surface area contributed by atoms with E-state index in [9.17, 15) is 14.7 Å². The summed E-state index contributed by atoms with van der Waals surface area (Å²) in [4.78, 5) is 25.2. The van der Waals surface area contributed by atoms with Gasteiger partial charge in [0.1, 0.15) is 0 Å². The number of carbonyl (C=O) groups excluding carboxylic acids is 1. The molecule has 0 aromatic heterocycles. The van der Waals surface area contributed by atoms with Crippen molar-refractivity contribution in [3.63, 3.8) is 0 Å². The molecule has 0 radical (unpaired) electrons. The monoisotopic (exact) mass is 271 g/mol. The first-order chi connectivity index (χ1) is 9.07. The van der Waals surface area contributed by atoms with Gasteiger partial charge in [-0.3, -0.25) is 9.59 Å². The average Bonchev–Trinajstić information content (AvgIpc) is 2.34. The molecule has 6 nitrogen and oxygen atoms in total. The van der Waals surface area contributed by atoms with E-state index in [2.05, 4.69) is 0 Å². The molecule has 6 heteroatoms. The van der Waals surface area contributed by atoms with Crippen LogP contribution in [0.4, 0.5) is 0 Å². The van der Waals surface area contributed by atoms with Crippen molar-refractivity contribution in [1.82, 2.24) is 4.90 Å². The van der Waals surface area contributed by atoms with Gasteiger partial charge in [-0.15, -0.1) is 0 Å². The number of carboxylic acids is 1. The van der Waals surface area contributed by atoms with Crippen LogP contribution in [-0.2, 0) is 19.1 Å². The van der Waals surface area contributed by atoms with E-state index in [4.69, 9.17) is 9.47 Å². The maximum atomic E-state index is 12.2. The smallest absolute Gasteiger partial charge is 0.310 e. The van der Waals surface area contributed by atoms with Crippen molar-refractivity contribution in [2.75, 3.05) is 33.4 Å². The van der Waals surface area contributed by atoms with Crippen LogP contribution in [0.15, 0.2) is 0 Å². The Labute approximate surface area is 112 Å². The van der Waals surface area contributed by atoms with E-state index in [0.717, 1.165) is 6.42 Å². The highest BCUT2D eigenvalue weighted by Crippen LogP contribution is 2.44. The Morgan fingerprint density at radius 2 is 2.21 bits per heavy atom. The second-order valence-electron chi connectivity index (χ2n) is 5.40. The van der Waals surface area contributed by atoms with Crippen LogP contribution in [0.5, 0.6) is 0 Å². The third-order valence-electron chi connectivity index (χ3n) is 4.10. The highest BCUT2D eigenvalue weighted by Gasteiger charge is 2.46. The number of nitrogens with zero attached hydrogens (tertiary/aromatic N) is 1. The van der Waals surface area contributed by atoms with Gasteiger partial charge in [0.2, 0.25) is 5.91 Å². The topological polar surface area (TPSA) is 76.1 Å². The van der Waals surface area contributed by atoms with Crippen molar-refractivity contribution in [3.05, 3.63) is 0 Å². The van der Waals surface area contributed by atoms with Crippen molar-refractivity contribution >= 4 is 11.9 Å². The summed E-state index contributed by atoms with van der Waals surface area (Å²) in [5.41, 5.74) is -0.813. The molecule has 1 unspecified atom stereocenters. The number of ether oxygens (including phenoxy) is 2. The van der Waals surface area contributed by atoms with E-state index in [0.29, 0.717) is 39.1 Å². The SMILES string of the molecule is COCC1CN(C(=O)CC2(C(=O)O)CCC2)CCO1. The average molecular weight is 271 g/mol. The fraction of sp³-hybridized carbons (Fsp3) is 0.846. The molecule has 1 saturated heterocycles. The summed E-state index contributed by atoms with van der Waals surface area (Å²) in [6, 6.07) is 0. The fourth-order valence-electron chi connectivity index (χ4n) is 2.70. The van der Waals surface area contributed by atoms with Crippen molar-refractivity contribution in [2.24, 2.45) is 5.41 Å². The molecule has 2 fully saturated rings. The van der Waals surface area contributed by atoms with Gasteiger partial charge in [-0.1, -0.05) is 6.42 Å². The summed E-state index contributed by atoms with van der Waals surface area (Å²) < 4.78 is 10.5. The van der Waals surface area contributed by atoms with Crippen LogP contribution in [0.1, 0.15) is 25.7 Å². The van der Waals surface area contributed by atoms with Gasteiger partial charge in [0, 0.05) is 26.6 Å². The lowest BCUT2D eigenvalue weighted by Crippen LogP contribution is -2.50. The zero-order valence-electron chi connectivity index (χ0n) is 11.3. The summed E-state index contributed by atoms with van der Waals surface area (Å²) in [7, 11) is 1.60. The predicted octanol–water partition coefficient (Wildman–Crippen LogP) is 0.505. The molecule has 0 spiro atoms. The molecule has 1 aliphatic carbocycles. The third kappa shape index (κ3) is 3.06. The summed E-state index contributed by atoms with van der Waals surface area (Å²) in [6.45, 7) is 1.96. The Morgan fingerprint density at radius 1 is 1.47 bits per heavy atom. The van der Waals surface area contributed by atoms with E-state index in [-0.39, 0.29) is 18.4 Å². The zero-order chi connectivity index (χ0) is 13.9. The summed E-state index contributed by atoms with van der Waals surface area (Å²) in [5, 5.41) is 9.25. The van der Waals surface area contributed by atoms with E-state index >= 15 is 0 Å². The van der Waals surface area contributed by atoms with Crippen LogP contribution in [0, 0.1) is 5.41 Å². The fourth-order valence-corrected chi connectivity index (χ4v) is 2.70. The molecule has 1 heterocycles. The van der Waals surface area contributed by atoms with Crippen LogP contribution in [0.2, 0.25) is 0 Å². The molecule has 108 valence electrons. The lowest BCUT2D eigenvalue weighted by atomic mass is 9.66. The van der Waals surface area contributed by atoms with E-state index < -0.39 is 11.4 Å². The number of carbonyl (C=O) groups is 2. The molecule has 2 rings (SSSR count). The highest BCUT2D eigenvalue weighted by atomic mass is 16.5. The van der Waals surface area contributed by atoms with Crippen LogP contribution in [0.25, 0.3) is 0 Å². The number of morpholine rings is 1. The van der Waals surface area contributed by atoms with E-state index in [1.165, 1.54) is 0 Å². The molecular weight excluding hydrogens is 250 g/mol. The molecule has 0 aromatic rings. The van der Waals surface area contributed by atoms with Crippen LogP contribution in [0.3, 0.4) is 0 Å². The van der Waals surface area contributed by atoms with Gasteiger partial charge in [-0.05, 0) is 12.8 Å². The first-order valence-corrected chi connectivity index (χ1v) is 6.69. The maximum absolute atomic E-state index is 12.2. The molecule has 1 aliphatic heterocycles. The first kappa shape index (κ1) is 14.3. The van der Waals surface area contributed by atoms with Gasteiger partial charge in [-0.2, -0.15) is 0 Å². The minimum Gasteiger partial charge on any atom is -0.481 e. The van der Waals surface area contributed by atoms with Gasteiger partial charge in [0.05, 0.1) is 24.7 Å². The standard InChI is InChI=1S/C13H21NO5/c1-18-9-10-8-14(5-6-19-10)11(15)7-13(12(16)17)3-2-4-13/h10H,2-9H2,1H3,(H,16,17). The van der Waals surface area contributed by atoms with Crippen molar-refractivity contribution < 1.29 is 24.2 Å². The molecule has 1 N–H and O–H groups in total. The van der Waals surface area contributed by atoms with Gasteiger partial charge in [-0.25, -0.2) is 0 Å². The zero-order valence-corrected chi connectivity index (χ0v) is 11.3. The second-order valence-corrected chi connectivity index (χ2v) is 5.40. The maximum Gasteiger partial charge on any atom is 0.310 e. The van der Waals surface area contributed by atoms with Gasteiger partial charge < -0.3 is 19.5 Å². The van der Waals surface area contributed by atoms with Crippen molar-refractivity contribution in [1.29, 1.82) is 0 Å². The summed E-state index contributed by atoms with van der Waals surface area (Å²) in [6.07, 6.45) is 2.13. The Hall–Kier alpha value is -1.14. The Balaban J connectivity index is 1.90. The Kier molecular flexibility index (Phi) is 4.42. The number of hydrogen-bond donors (Lipinski definition) is 1. The lowest BCUT2D eigenvalue weighted by molar-refractivity contribution is -0.161. The first-order valence-electron chi connectivity index (χ1n) is 6.69. The van der Waals surface area contributed by atoms with Crippen molar-refractivity contribution in [2.45, 2.75) is 31.8 Å². The second kappa shape index (κ2) is 5.88. The van der Waals surface area contributed by atoms with Crippen LogP contribution >= 0.6 is 0 Å². The molecule has 19 heavy (non-hydrogen) atoms. The highest BCUT2D eigenvalue weighted by molar-refractivity contribution is 5.85. The van der Waals surface area contributed by atoms with Gasteiger partial charge in [0.25, 0.3) is 0 Å². The van der Waals surface area contributed by atoms with Crippen LogP contribution < -0.4 is 0 Å². The molecule has 1 atom stereocenters. The van der Waals surface area contributed by atoms with Crippen molar-refractivity contribution in [3.8, 4) is 0 Å². The Morgan fingerprint density at radius 3 is 2.74 bits per heavy atom. The number of carboxylic acid groups (broad SMARTS) is 1. The lowest BCUT2D eigenvalue weighted by Gasteiger charge is -2.40. The number of rotatable bonds is 5. The minimum atomic E-state index is -0.839. The third-order valence-corrected chi connectivity index (χ3v) is 4.10. The van der Waals surface area contributed by atoms with E-state index in [1.54, 1.807) is 12.0 Å². The largest absolute Gasteiger partial charge is 0.481 e. The van der Waals surface area contributed by atoms with Gasteiger partial charge >= 0.3 is 5.97 Å². The van der Waals surface area contributed by atoms with Gasteiger partial charge in [0.15, 0.2) is 0 Å². The van der Waals surface area contributed by atoms with E-state index in [1.807, 2.05) is 0 Å². The quantitative estimate of drug-likeness (QED) is 0.788. The molecule has 1 saturated carbocycles. The predicted molar refractivity (Wildman–Crippen MR) is 66.7 cm³/mol.